The molecule has 0 unspecified atom stereocenters. The van der Waals surface area contributed by atoms with Gasteiger partial charge in [0.15, 0.2) is 11.5 Å². The van der Waals surface area contributed by atoms with Gasteiger partial charge in [-0.25, -0.2) is 0 Å². The third-order valence-electron chi connectivity index (χ3n) is 3.81. The third kappa shape index (κ3) is 3.06. The summed E-state index contributed by atoms with van der Waals surface area (Å²) in [5.41, 5.74) is 0.996. The van der Waals surface area contributed by atoms with Crippen LogP contribution in [0.1, 0.15) is 31.7 Å². The van der Waals surface area contributed by atoms with Crippen molar-refractivity contribution in [2.24, 2.45) is 5.92 Å². The Hall–Kier alpha value is -1.71. The Morgan fingerprint density at radius 2 is 2.10 bits per heavy atom. The Balaban J connectivity index is 1.64. The fourth-order valence-corrected chi connectivity index (χ4v) is 2.54. The van der Waals surface area contributed by atoms with Gasteiger partial charge < -0.3 is 14.4 Å². The van der Waals surface area contributed by atoms with Crippen LogP contribution in [0.25, 0.3) is 0 Å². The van der Waals surface area contributed by atoms with E-state index in [0.29, 0.717) is 6.42 Å². The fraction of sp³-hybridized carbons (Fsp3) is 0.562. The molecule has 0 spiro atoms. The molecule has 0 aromatic heterocycles. The summed E-state index contributed by atoms with van der Waals surface area (Å²) in [5, 5.41) is 0. The minimum atomic E-state index is 0.220. The number of nitrogens with zero attached hydrogens (tertiary/aromatic N) is 1. The van der Waals surface area contributed by atoms with Gasteiger partial charge in [-0.05, 0) is 42.9 Å². The van der Waals surface area contributed by atoms with E-state index >= 15 is 0 Å². The number of ether oxygens (including phenoxy) is 2. The molecule has 1 aromatic rings. The second kappa shape index (κ2) is 5.73. The standard InChI is InChI=1S/C16H21NO3/c1-2-7-17(10-12-3-4-12)16(18)9-13-5-6-14-15(8-13)20-11-19-14/h5-6,8,12H,2-4,7,9-11H2,1H3. The molecular formula is C16H21NO3. The van der Waals surface area contributed by atoms with Gasteiger partial charge in [0.25, 0.3) is 0 Å². The van der Waals surface area contributed by atoms with Gasteiger partial charge in [0.2, 0.25) is 12.7 Å². The first-order valence-electron chi connectivity index (χ1n) is 7.42. The van der Waals surface area contributed by atoms with E-state index in [-0.39, 0.29) is 12.7 Å². The maximum atomic E-state index is 12.4. The van der Waals surface area contributed by atoms with Crippen LogP contribution in [0.5, 0.6) is 11.5 Å². The van der Waals surface area contributed by atoms with Crippen molar-refractivity contribution in [2.45, 2.75) is 32.6 Å². The molecule has 1 fully saturated rings. The fourth-order valence-electron chi connectivity index (χ4n) is 2.54. The molecule has 3 rings (SSSR count). The average molecular weight is 275 g/mol. The molecule has 4 nitrogen and oxygen atoms in total. The zero-order valence-corrected chi connectivity index (χ0v) is 11.9. The zero-order valence-electron chi connectivity index (χ0n) is 11.9. The first-order valence-corrected chi connectivity index (χ1v) is 7.42. The highest BCUT2D eigenvalue weighted by molar-refractivity contribution is 5.79. The van der Waals surface area contributed by atoms with Gasteiger partial charge in [0.05, 0.1) is 6.42 Å². The number of hydrogen-bond acceptors (Lipinski definition) is 3. The summed E-state index contributed by atoms with van der Waals surface area (Å²) < 4.78 is 10.6. The van der Waals surface area contributed by atoms with Crippen LogP contribution < -0.4 is 9.47 Å². The smallest absolute Gasteiger partial charge is 0.231 e. The second-order valence-corrected chi connectivity index (χ2v) is 5.65. The molecule has 0 radical (unpaired) electrons. The third-order valence-corrected chi connectivity index (χ3v) is 3.81. The summed E-state index contributed by atoms with van der Waals surface area (Å²) in [6.07, 6.45) is 4.01. The van der Waals surface area contributed by atoms with Crippen LogP contribution in [0.4, 0.5) is 0 Å². The molecule has 4 heteroatoms. The maximum absolute atomic E-state index is 12.4. The number of carbonyl (C=O) groups excluding carboxylic acids is 1. The van der Waals surface area contributed by atoms with E-state index in [1.165, 1.54) is 12.8 Å². The van der Waals surface area contributed by atoms with E-state index < -0.39 is 0 Å². The van der Waals surface area contributed by atoms with E-state index in [2.05, 4.69) is 6.92 Å². The van der Waals surface area contributed by atoms with E-state index in [4.69, 9.17) is 9.47 Å². The molecular weight excluding hydrogens is 254 g/mol. The molecule has 108 valence electrons. The molecule has 0 atom stereocenters. The minimum absolute atomic E-state index is 0.220. The number of amides is 1. The Morgan fingerprint density at radius 1 is 1.30 bits per heavy atom. The Morgan fingerprint density at radius 3 is 2.85 bits per heavy atom. The van der Waals surface area contributed by atoms with Gasteiger partial charge in [-0.3, -0.25) is 4.79 Å². The molecule has 0 N–H and O–H groups in total. The van der Waals surface area contributed by atoms with E-state index in [0.717, 1.165) is 42.5 Å². The lowest BCUT2D eigenvalue weighted by molar-refractivity contribution is -0.130. The largest absolute Gasteiger partial charge is 0.454 e. The predicted molar refractivity (Wildman–Crippen MR) is 75.9 cm³/mol. The molecule has 1 aliphatic heterocycles. The highest BCUT2D eigenvalue weighted by Crippen LogP contribution is 2.33. The normalized spacial score (nSPS) is 16.2. The topological polar surface area (TPSA) is 38.8 Å². The van der Waals surface area contributed by atoms with Gasteiger partial charge >= 0.3 is 0 Å². The summed E-state index contributed by atoms with van der Waals surface area (Å²) in [5.74, 6) is 2.48. The van der Waals surface area contributed by atoms with Crippen molar-refractivity contribution in [3.8, 4) is 11.5 Å². The molecule has 0 bridgehead atoms. The summed E-state index contributed by atoms with van der Waals surface area (Å²) in [7, 11) is 0. The van der Waals surface area contributed by atoms with Gasteiger partial charge in [-0.1, -0.05) is 13.0 Å². The van der Waals surface area contributed by atoms with Crippen molar-refractivity contribution in [1.29, 1.82) is 0 Å². The van der Waals surface area contributed by atoms with Crippen LogP contribution in [0.15, 0.2) is 18.2 Å². The molecule has 0 saturated heterocycles. The summed E-state index contributed by atoms with van der Waals surface area (Å²) in [6, 6.07) is 5.75. The predicted octanol–water partition coefficient (Wildman–Crippen LogP) is 2.61. The second-order valence-electron chi connectivity index (χ2n) is 5.65. The molecule has 1 aromatic carbocycles. The SMILES string of the molecule is CCCN(CC1CC1)C(=O)Cc1ccc2c(c1)OCO2. The molecule has 20 heavy (non-hydrogen) atoms. The number of rotatable bonds is 6. The maximum Gasteiger partial charge on any atom is 0.231 e. The Bertz CT molecular complexity index is 496. The van der Waals surface area contributed by atoms with Gasteiger partial charge in [0.1, 0.15) is 0 Å². The van der Waals surface area contributed by atoms with Crippen LogP contribution in [0.2, 0.25) is 0 Å². The van der Waals surface area contributed by atoms with Crippen LogP contribution in [-0.4, -0.2) is 30.7 Å². The van der Waals surface area contributed by atoms with Crippen LogP contribution >= 0.6 is 0 Å². The Labute approximate surface area is 119 Å². The number of benzene rings is 1. The lowest BCUT2D eigenvalue weighted by atomic mass is 10.1. The summed E-state index contributed by atoms with van der Waals surface area (Å²) in [4.78, 5) is 14.4. The quantitative estimate of drug-likeness (QED) is 0.801. The zero-order chi connectivity index (χ0) is 13.9. The van der Waals surface area contributed by atoms with Gasteiger partial charge in [0, 0.05) is 13.1 Å². The number of hydrogen-bond donors (Lipinski definition) is 0. The highest BCUT2D eigenvalue weighted by atomic mass is 16.7. The minimum Gasteiger partial charge on any atom is -0.454 e. The van der Waals surface area contributed by atoms with Crippen molar-refractivity contribution >= 4 is 5.91 Å². The molecule has 2 aliphatic rings. The van der Waals surface area contributed by atoms with Crippen molar-refractivity contribution in [3.63, 3.8) is 0 Å². The van der Waals surface area contributed by atoms with Crippen LogP contribution in [0.3, 0.4) is 0 Å². The first-order chi connectivity index (χ1) is 9.76. The van der Waals surface area contributed by atoms with E-state index in [9.17, 15) is 4.79 Å². The van der Waals surface area contributed by atoms with Crippen LogP contribution in [-0.2, 0) is 11.2 Å². The lowest BCUT2D eigenvalue weighted by Gasteiger charge is -2.22. The van der Waals surface area contributed by atoms with Gasteiger partial charge in [-0.15, -0.1) is 0 Å². The lowest BCUT2D eigenvalue weighted by Crippen LogP contribution is -2.34. The van der Waals surface area contributed by atoms with Crippen molar-refractivity contribution in [2.75, 3.05) is 19.9 Å². The molecule has 1 aliphatic carbocycles. The average Bonchev–Trinajstić information content (AvgIpc) is 3.13. The number of carbonyl (C=O) groups is 1. The number of fused-ring (bicyclic) bond motifs is 1. The van der Waals surface area contributed by atoms with Crippen molar-refractivity contribution in [1.82, 2.24) is 4.90 Å². The summed E-state index contributed by atoms with van der Waals surface area (Å²) in [6.45, 7) is 4.18. The molecule has 1 saturated carbocycles. The molecule has 1 amide bonds. The Kier molecular flexibility index (Phi) is 3.81. The van der Waals surface area contributed by atoms with E-state index in [1.54, 1.807) is 0 Å². The molecule has 1 heterocycles. The monoisotopic (exact) mass is 275 g/mol. The first kappa shape index (κ1) is 13.3. The summed E-state index contributed by atoms with van der Waals surface area (Å²) >= 11 is 0. The highest BCUT2D eigenvalue weighted by Gasteiger charge is 2.26. The van der Waals surface area contributed by atoms with Crippen molar-refractivity contribution < 1.29 is 14.3 Å². The van der Waals surface area contributed by atoms with Gasteiger partial charge in [-0.2, -0.15) is 0 Å². The van der Waals surface area contributed by atoms with E-state index in [1.807, 2.05) is 23.1 Å². The van der Waals surface area contributed by atoms with Crippen LogP contribution in [0, 0.1) is 5.92 Å². The van der Waals surface area contributed by atoms with Crippen molar-refractivity contribution in [3.05, 3.63) is 23.8 Å².